The average molecular weight is 316 g/mol. The summed E-state index contributed by atoms with van der Waals surface area (Å²) in [6.45, 7) is 3.69. The minimum atomic E-state index is -0.740. The molecule has 2 aromatic rings. The van der Waals surface area contributed by atoms with Gasteiger partial charge in [-0.05, 0) is 36.4 Å². The van der Waals surface area contributed by atoms with Gasteiger partial charge in [0.1, 0.15) is 0 Å². The number of hydrogen-bond acceptors (Lipinski definition) is 3. The quantitative estimate of drug-likeness (QED) is 0.910. The Morgan fingerprint density at radius 1 is 1.48 bits per heavy atom. The summed E-state index contributed by atoms with van der Waals surface area (Å²) in [5.41, 5.74) is 0.919. The lowest BCUT2D eigenvalue weighted by atomic mass is 9.79. The summed E-state index contributed by atoms with van der Waals surface area (Å²) in [4.78, 5) is 17.7. The third-order valence-corrected chi connectivity index (χ3v) is 5.05. The van der Waals surface area contributed by atoms with Crippen molar-refractivity contribution in [3.05, 3.63) is 36.0 Å². The number of benzene rings is 1. The zero-order valence-corrected chi connectivity index (χ0v) is 13.7. The van der Waals surface area contributed by atoms with E-state index >= 15 is 0 Å². The third-order valence-electron chi connectivity index (χ3n) is 5.05. The van der Waals surface area contributed by atoms with Crippen molar-refractivity contribution in [1.29, 1.82) is 0 Å². The Labute approximate surface area is 136 Å². The van der Waals surface area contributed by atoms with E-state index in [-0.39, 0.29) is 11.8 Å². The van der Waals surface area contributed by atoms with E-state index in [1.165, 1.54) is 0 Å². The van der Waals surface area contributed by atoms with Crippen molar-refractivity contribution in [2.45, 2.75) is 25.4 Å². The predicted molar refractivity (Wildman–Crippen MR) is 89.4 cm³/mol. The SMILES string of the molecule is COCC[C@]1(O)CCN(C(=O)c2ccc3cc[nH]c3c2)C[C@H]1C. The predicted octanol–water partition coefficient (Wildman–Crippen LogP) is 2.42. The lowest BCUT2D eigenvalue weighted by molar-refractivity contribution is -0.0750. The highest BCUT2D eigenvalue weighted by Gasteiger charge is 2.39. The number of aromatic nitrogens is 1. The van der Waals surface area contributed by atoms with Crippen LogP contribution in [0.2, 0.25) is 0 Å². The Morgan fingerprint density at radius 2 is 2.30 bits per heavy atom. The van der Waals surface area contributed by atoms with Crippen LogP contribution in [0.3, 0.4) is 0 Å². The van der Waals surface area contributed by atoms with Crippen LogP contribution >= 0.6 is 0 Å². The summed E-state index contributed by atoms with van der Waals surface area (Å²) in [7, 11) is 1.64. The number of methoxy groups -OCH3 is 1. The van der Waals surface area contributed by atoms with Crippen LogP contribution in [0, 0.1) is 5.92 Å². The number of fused-ring (bicyclic) bond motifs is 1. The maximum Gasteiger partial charge on any atom is 0.253 e. The molecule has 3 rings (SSSR count). The Balaban J connectivity index is 1.71. The van der Waals surface area contributed by atoms with Gasteiger partial charge in [-0.15, -0.1) is 0 Å². The number of rotatable bonds is 4. The largest absolute Gasteiger partial charge is 0.389 e. The second-order valence-electron chi connectivity index (χ2n) is 6.53. The molecule has 1 amide bonds. The van der Waals surface area contributed by atoms with Gasteiger partial charge in [-0.1, -0.05) is 13.0 Å². The van der Waals surface area contributed by atoms with E-state index in [4.69, 9.17) is 4.74 Å². The first kappa shape index (κ1) is 16.0. The summed E-state index contributed by atoms with van der Waals surface area (Å²) in [6.07, 6.45) is 3.08. The van der Waals surface area contributed by atoms with Crippen LogP contribution in [-0.4, -0.2) is 53.3 Å². The summed E-state index contributed by atoms with van der Waals surface area (Å²) < 4.78 is 5.09. The molecular formula is C18H24N2O3. The Bertz CT molecular complexity index is 696. The van der Waals surface area contributed by atoms with Gasteiger partial charge < -0.3 is 19.7 Å². The first-order valence-corrected chi connectivity index (χ1v) is 8.11. The zero-order chi connectivity index (χ0) is 16.4. The molecule has 0 aliphatic carbocycles. The maximum absolute atomic E-state index is 12.7. The van der Waals surface area contributed by atoms with E-state index in [1.807, 2.05) is 42.3 Å². The highest BCUT2D eigenvalue weighted by molar-refractivity contribution is 5.98. The first-order chi connectivity index (χ1) is 11.0. The second-order valence-corrected chi connectivity index (χ2v) is 6.53. The molecule has 1 aromatic carbocycles. The molecule has 1 saturated heterocycles. The van der Waals surface area contributed by atoms with E-state index in [0.29, 0.717) is 38.1 Å². The molecule has 1 aliphatic heterocycles. The number of H-pyrrole nitrogens is 1. The Kier molecular flexibility index (Phi) is 4.41. The number of aliphatic hydroxyl groups is 1. The smallest absolute Gasteiger partial charge is 0.253 e. The van der Waals surface area contributed by atoms with Gasteiger partial charge in [-0.3, -0.25) is 4.79 Å². The molecule has 2 atom stereocenters. The third kappa shape index (κ3) is 3.12. The molecule has 2 N–H and O–H groups in total. The summed E-state index contributed by atoms with van der Waals surface area (Å²) in [5.74, 6) is 0.0618. The van der Waals surface area contributed by atoms with Gasteiger partial charge in [-0.2, -0.15) is 0 Å². The van der Waals surface area contributed by atoms with Crippen molar-refractivity contribution < 1.29 is 14.6 Å². The van der Waals surface area contributed by atoms with Gasteiger partial charge in [0.25, 0.3) is 5.91 Å². The van der Waals surface area contributed by atoms with Crippen molar-refractivity contribution in [2.75, 3.05) is 26.8 Å². The molecule has 1 aromatic heterocycles. The van der Waals surface area contributed by atoms with E-state index < -0.39 is 5.60 Å². The molecule has 1 fully saturated rings. The topological polar surface area (TPSA) is 65.6 Å². The number of piperidine rings is 1. The summed E-state index contributed by atoms with van der Waals surface area (Å²) in [6, 6.07) is 7.72. The first-order valence-electron chi connectivity index (χ1n) is 8.11. The van der Waals surface area contributed by atoms with Crippen molar-refractivity contribution in [2.24, 2.45) is 5.92 Å². The van der Waals surface area contributed by atoms with Crippen LogP contribution in [0.15, 0.2) is 30.5 Å². The van der Waals surface area contributed by atoms with E-state index in [0.717, 1.165) is 10.9 Å². The number of nitrogens with zero attached hydrogens (tertiary/aromatic N) is 1. The fourth-order valence-electron chi connectivity index (χ4n) is 3.36. The lowest BCUT2D eigenvalue weighted by Gasteiger charge is -2.43. The van der Waals surface area contributed by atoms with Crippen molar-refractivity contribution >= 4 is 16.8 Å². The van der Waals surface area contributed by atoms with Gasteiger partial charge in [0.2, 0.25) is 0 Å². The maximum atomic E-state index is 12.7. The number of carbonyl (C=O) groups is 1. The van der Waals surface area contributed by atoms with E-state index in [9.17, 15) is 9.90 Å². The minimum absolute atomic E-state index is 0.0298. The van der Waals surface area contributed by atoms with Gasteiger partial charge in [0, 0.05) is 50.0 Å². The van der Waals surface area contributed by atoms with Gasteiger partial charge in [0.15, 0.2) is 0 Å². The molecule has 0 radical (unpaired) electrons. The van der Waals surface area contributed by atoms with Crippen LogP contribution in [0.25, 0.3) is 10.9 Å². The van der Waals surface area contributed by atoms with Gasteiger partial charge in [0.05, 0.1) is 5.60 Å². The molecule has 5 nitrogen and oxygen atoms in total. The van der Waals surface area contributed by atoms with Crippen molar-refractivity contribution in [1.82, 2.24) is 9.88 Å². The molecular weight excluding hydrogens is 292 g/mol. The van der Waals surface area contributed by atoms with Crippen molar-refractivity contribution in [3.63, 3.8) is 0 Å². The molecule has 0 spiro atoms. The highest BCUT2D eigenvalue weighted by atomic mass is 16.5. The molecule has 23 heavy (non-hydrogen) atoms. The number of amides is 1. The van der Waals surface area contributed by atoms with Crippen molar-refractivity contribution in [3.8, 4) is 0 Å². The average Bonchev–Trinajstić information content (AvgIpc) is 3.02. The number of ether oxygens (including phenoxy) is 1. The Morgan fingerprint density at radius 3 is 3.04 bits per heavy atom. The standard InChI is InChI=1S/C18H24N2O3/c1-13-12-20(9-6-18(13,22)7-10-23-2)17(21)15-4-3-14-5-8-19-16(14)11-15/h3-5,8,11,13,19,22H,6-7,9-10,12H2,1-2H3/t13-,18-/m1/s1. The lowest BCUT2D eigenvalue weighted by Crippen LogP contribution is -2.52. The second kappa shape index (κ2) is 6.34. The fourth-order valence-corrected chi connectivity index (χ4v) is 3.36. The van der Waals surface area contributed by atoms with Crippen LogP contribution in [0.4, 0.5) is 0 Å². The van der Waals surface area contributed by atoms with E-state index in [2.05, 4.69) is 4.98 Å². The van der Waals surface area contributed by atoms with Gasteiger partial charge in [-0.25, -0.2) is 0 Å². The molecule has 5 heteroatoms. The van der Waals surface area contributed by atoms with Crippen LogP contribution < -0.4 is 0 Å². The highest BCUT2D eigenvalue weighted by Crippen LogP contribution is 2.31. The van der Waals surface area contributed by atoms with Crippen LogP contribution in [-0.2, 0) is 4.74 Å². The molecule has 0 unspecified atom stereocenters. The molecule has 0 saturated carbocycles. The zero-order valence-electron chi connectivity index (χ0n) is 13.7. The molecule has 2 heterocycles. The number of hydrogen-bond donors (Lipinski definition) is 2. The number of likely N-dealkylation sites (tertiary alicyclic amines) is 1. The molecule has 1 aliphatic rings. The number of aromatic amines is 1. The minimum Gasteiger partial charge on any atom is -0.389 e. The van der Waals surface area contributed by atoms with Crippen LogP contribution in [0.1, 0.15) is 30.1 Å². The summed E-state index contributed by atoms with van der Waals surface area (Å²) in [5, 5.41) is 11.8. The number of carbonyl (C=O) groups excluding carboxylic acids is 1. The van der Waals surface area contributed by atoms with Crippen LogP contribution in [0.5, 0.6) is 0 Å². The normalized spacial score (nSPS) is 25.0. The molecule has 0 bridgehead atoms. The van der Waals surface area contributed by atoms with E-state index in [1.54, 1.807) is 7.11 Å². The fraction of sp³-hybridized carbons (Fsp3) is 0.500. The Hall–Kier alpha value is -1.85. The molecule has 124 valence electrons. The summed E-state index contributed by atoms with van der Waals surface area (Å²) >= 11 is 0. The monoisotopic (exact) mass is 316 g/mol. The van der Waals surface area contributed by atoms with Gasteiger partial charge >= 0.3 is 0 Å². The number of nitrogens with one attached hydrogen (secondary N) is 1.